The maximum atomic E-state index is 12.0. The van der Waals surface area contributed by atoms with Crippen molar-refractivity contribution < 1.29 is 12.6 Å². The highest BCUT2D eigenvalue weighted by Crippen LogP contribution is 2.30. The van der Waals surface area contributed by atoms with Gasteiger partial charge in [0, 0.05) is 16.9 Å². The largest absolute Gasteiger partial charge is 0.347 e. The standard InChI is InChI=1S/C7H6Cl3NO3S2/c1-15(12,11-16(10,13)14)7-5(8)3-2-4-6(7)9/h2-4H,1H3/t15-/m0/s1. The molecule has 0 aliphatic carbocycles. The van der Waals surface area contributed by atoms with Gasteiger partial charge in [0.15, 0.2) is 0 Å². The predicted molar refractivity (Wildman–Crippen MR) is 66.0 cm³/mol. The molecule has 0 aromatic heterocycles. The molecule has 16 heavy (non-hydrogen) atoms. The lowest BCUT2D eigenvalue weighted by molar-refractivity contribution is 0.611. The highest BCUT2D eigenvalue weighted by atomic mass is 35.7. The Hall–Kier alpha value is -0.0100. The van der Waals surface area contributed by atoms with Crippen molar-refractivity contribution in [2.45, 2.75) is 4.90 Å². The molecule has 0 saturated heterocycles. The molecule has 0 fully saturated rings. The van der Waals surface area contributed by atoms with E-state index in [-0.39, 0.29) is 14.9 Å². The molecule has 9 heteroatoms. The van der Waals surface area contributed by atoms with E-state index in [0.29, 0.717) is 0 Å². The summed E-state index contributed by atoms with van der Waals surface area (Å²) in [6.07, 6.45) is 1.10. The minimum atomic E-state index is -4.26. The fourth-order valence-corrected chi connectivity index (χ4v) is 5.79. The van der Waals surface area contributed by atoms with Crippen molar-refractivity contribution in [2.75, 3.05) is 6.26 Å². The van der Waals surface area contributed by atoms with E-state index in [9.17, 15) is 12.6 Å². The van der Waals surface area contributed by atoms with Crippen molar-refractivity contribution in [1.29, 1.82) is 0 Å². The van der Waals surface area contributed by atoms with Crippen LogP contribution in [0.2, 0.25) is 10.0 Å². The molecule has 1 aromatic rings. The van der Waals surface area contributed by atoms with E-state index in [1.165, 1.54) is 12.1 Å². The van der Waals surface area contributed by atoms with Crippen LogP contribution >= 0.6 is 33.9 Å². The summed E-state index contributed by atoms with van der Waals surface area (Å²) in [5, 5.41) is 0.146. The molecule has 0 bridgehead atoms. The van der Waals surface area contributed by atoms with Crippen molar-refractivity contribution >= 4 is 52.9 Å². The number of hydrogen-bond acceptors (Lipinski definition) is 3. The van der Waals surface area contributed by atoms with Crippen LogP contribution in [-0.4, -0.2) is 18.9 Å². The number of rotatable bonds is 2. The summed E-state index contributed by atoms with van der Waals surface area (Å²) in [5.74, 6) is 0. The highest BCUT2D eigenvalue weighted by Gasteiger charge is 2.18. The minimum Gasteiger partial charge on any atom is -0.244 e. The topological polar surface area (TPSA) is 63.6 Å². The van der Waals surface area contributed by atoms with Crippen LogP contribution in [0.25, 0.3) is 0 Å². The third kappa shape index (κ3) is 3.49. The van der Waals surface area contributed by atoms with Crippen LogP contribution in [0.5, 0.6) is 0 Å². The summed E-state index contributed by atoms with van der Waals surface area (Å²) >= 11 is 11.6. The van der Waals surface area contributed by atoms with Crippen molar-refractivity contribution in [3.63, 3.8) is 0 Å². The third-order valence-corrected chi connectivity index (χ3v) is 5.94. The Morgan fingerprint density at radius 3 is 1.94 bits per heavy atom. The number of nitrogens with zero attached hydrogens (tertiary/aromatic N) is 1. The molecule has 0 N–H and O–H groups in total. The zero-order valence-corrected chi connectivity index (χ0v) is 11.8. The Balaban J connectivity index is 3.64. The Morgan fingerprint density at radius 1 is 1.12 bits per heavy atom. The normalized spacial score (nSPS) is 15.5. The maximum absolute atomic E-state index is 12.0. The first kappa shape index (κ1) is 14.1. The quantitative estimate of drug-likeness (QED) is 0.786. The summed E-state index contributed by atoms with van der Waals surface area (Å²) in [7, 11) is -2.63. The lowest BCUT2D eigenvalue weighted by Crippen LogP contribution is -2.02. The minimum absolute atomic E-state index is 0.0393. The molecule has 0 aliphatic rings. The Kier molecular flexibility index (Phi) is 4.13. The van der Waals surface area contributed by atoms with Gasteiger partial charge in [-0.1, -0.05) is 33.0 Å². The van der Waals surface area contributed by atoms with Gasteiger partial charge in [0.25, 0.3) is 0 Å². The summed E-state index contributed by atoms with van der Waals surface area (Å²) in [4.78, 5) is -0.0393. The van der Waals surface area contributed by atoms with Crippen LogP contribution in [0, 0.1) is 0 Å². The van der Waals surface area contributed by atoms with Crippen molar-refractivity contribution in [1.82, 2.24) is 0 Å². The molecule has 0 unspecified atom stereocenters. The monoisotopic (exact) mass is 321 g/mol. The van der Waals surface area contributed by atoms with Crippen molar-refractivity contribution in [3.05, 3.63) is 28.2 Å². The van der Waals surface area contributed by atoms with Crippen LogP contribution in [-0.2, 0) is 19.0 Å². The van der Waals surface area contributed by atoms with E-state index in [2.05, 4.69) is 3.77 Å². The van der Waals surface area contributed by atoms with Gasteiger partial charge in [-0.15, -0.1) is 0 Å². The highest BCUT2D eigenvalue weighted by molar-refractivity contribution is 8.17. The van der Waals surface area contributed by atoms with Gasteiger partial charge in [0.2, 0.25) is 0 Å². The van der Waals surface area contributed by atoms with Crippen LogP contribution < -0.4 is 0 Å². The fraction of sp³-hybridized carbons (Fsp3) is 0.143. The van der Waals surface area contributed by atoms with E-state index in [4.69, 9.17) is 33.9 Å². The van der Waals surface area contributed by atoms with E-state index < -0.39 is 19.0 Å². The lowest BCUT2D eigenvalue weighted by Gasteiger charge is -2.07. The zero-order valence-electron chi connectivity index (χ0n) is 7.85. The van der Waals surface area contributed by atoms with Gasteiger partial charge in [0.1, 0.15) is 0 Å². The molecule has 1 aromatic carbocycles. The fourth-order valence-electron chi connectivity index (χ4n) is 1.05. The Labute approximate surface area is 108 Å². The Morgan fingerprint density at radius 2 is 1.56 bits per heavy atom. The second-order valence-electron chi connectivity index (χ2n) is 2.84. The van der Waals surface area contributed by atoms with E-state index in [1.54, 1.807) is 6.07 Å². The third-order valence-electron chi connectivity index (χ3n) is 1.53. The first-order valence-electron chi connectivity index (χ1n) is 3.75. The van der Waals surface area contributed by atoms with Gasteiger partial charge in [-0.25, -0.2) is 4.21 Å². The molecule has 1 rings (SSSR count). The van der Waals surface area contributed by atoms with Crippen LogP contribution in [0.4, 0.5) is 0 Å². The summed E-state index contributed by atoms with van der Waals surface area (Å²) < 4.78 is 36.6. The van der Waals surface area contributed by atoms with Gasteiger partial charge in [-0.3, -0.25) is 0 Å². The summed E-state index contributed by atoms with van der Waals surface area (Å²) in [6, 6.07) is 4.41. The molecule has 0 heterocycles. The molecule has 0 spiro atoms. The number of halogens is 3. The smallest absolute Gasteiger partial charge is 0.244 e. The molecule has 0 amide bonds. The van der Waals surface area contributed by atoms with Gasteiger partial charge in [-0.05, 0) is 12.1 Å². The van der Waals surface area contributed by atoms with Gasteiger partial charge in [-0.2, -0.15) is 8.42 Å². The lowest BCUT2D eigenvalue weighted by atomic mass is 10.4. The zero-order chi connectivity index (χ0) is 12.6. The second kappa shape index (κ2) is 4.70. The van der Waals surface area contributed by atoms with Crippen LogP contribution in [0.1, 0.15) is 0 Å². The van der Waals surface area contributed by atoms with Crippen molar-refractivity contribution in [3.8, 4) is 0 Å². The molecule has 1 atom stereocenters. The predicted octanol–water partition coefficient (Wildman–Crippen LogP) is 2.93. The SMILES string of the molecule is C[S@@](=O)(=NS(=O)(=O)Cl)c1c(Cl)cccc1Cl. The Bertz CT molecular complexity index is 612. The van der Waals surface area contributed by atoms with E-state index in [0.717, 1.165) is 6.26 Å². The van der Waals surface area contributed by atoms with E-state index in [1.807, 2.05) is 0 Å². The molecule has 0 aliphatic heterocycles. The summed E-state index contributed by atoms with van der Waals surface area (Å²) in [5.41, 5.74) is 0. The van der Waals surface area contributed by atoms with Gasteiger partial charge in [0.05, 0.1) is 24.7 Å². The molecular weight excluding hydrogens is 317 g/mol. The molecule has 4 nitrogen and oxygen atoms in total. The van der Waals surface area contributed by atoms with Crippen molar-refractivity contribution in [2.24, 2.45) is 3.77 Å². The first-order chi connectivity index (χ1) is 7.13. The molecular formula is C7H6Cl3NO3S2. The number of benzene rings is 1. The van der Waals surface area contributed by atoms with Gasteiger partial charge < -0.3 is 0 Å². The molecule has 0 radical (unpaired) electrons. The van der Waals surface area contributed by atoms with E-state index >= 15 is 0 Å². The average Bonchev–Trinajstić information content (AvgIpc) is 1.97. The molecule has 90 valence electrons. The number of hydrogen-bond donors (Lipinski definition) is 0. The second-order valence-corrected chi connectivity index (χ2v) is 8.26. The summed E-state index contributed by atoms with van der Waals surface area (Å²) in [6.45, 7) is 0. The average molecular weight is 323 g/mol. The molecule has 0 saturated carbocycles. The first-order valence-corrected chi connectivity index (χ1v) is 8.70. The van der Waals surface area contributed by atoms with Crippen LogP contribution in [0.15, 0.2) is 26.9 Å². The van der Waals surface area contributed by atoms with Crippen LogP contribution in [0.3, 0.4) is 0 Å². The maximum Gasteiger partial charge on any atom is 0.347 e. The van der Waals surface area contributed by atoms with Gasteiger partial charge >= 0.3 is 9.24 Å².